The number of halogens is 1. The summed E-state index contributed by atoms with van der Waals surface area (Å²) in [6.45, 7) is 1.79. The van der Waals surface area contributed by atoms with E-state index in [1.165, 1.54) is 6.20 Å². The molecule has 2 rings (SSSR count). The lowest BCUT2D eigenvalue weighted by Gasteiger charge is -1.98. The molecule has 6 heteroatoms. The van der Waals surface area contributed by atoms with Crippen LogP contribution in [0, 0.1) is 6.92 Å². The number of anilines is 1. The van der Waals surface area contributed by atoms with Gasteiger partial charge in [-0.05, 0) is 6.92 Å². The molecule has 0 aliphatic heterocycles. The van der Waals surface area contributed by atoms with Crippen LogP contribution in [0.5, 0.6) is 0 Å². The van der Waals surface area contributed by atoms with Gasteiger partial charge < -0.3 is 10.3 Å². The third-order valence-corrected chi connectivity index (χ3v) is 1.91. The Bertz CT molecular complexity index is 468. The number of hydrogen-bond acceptors (Lipinski definition) is 5. The molecule has 0 radical (unpaired) electrons. The first-order chi connectivity index (χ1) is 6.66. The van der Waals surface area contributed by atoms with E-state index in [4.69, 9.17) is 21.9 Å². The van der Waals surface area contributed by atoms with Crippen molar-refractivity contribution in [1.82, 2.24) is 15.1 Å². The minimum Gasteiger partial charge on any atom is -0.368 e. The average Bonchev–Trinajstić information content (AvgIpc) is 2.56. The first kappa shape index (κ1) is 8.96. The minimum atomic E-state index is 0.157. The van der Waals surface area contributed by atoms with Crippen molar-refractivity contribution in [3.05, 3.63) is 23.0 Å². The average molecular weight is 211 g/mol. The van der Waals surface area contributed by atoms with Gasteiger partial charge in [0, 0.05) is 6.07 Å². The molecular weight excluding hydrogens is 204 g/mol. The lowest BCUT2D eigenvalue weighted by Crippen LogP contribution is -1.96. The smallest absolute Gasteiger partial charge is 0.220 e. The summed E-state index contributed by atoms with van der Waals surface area (Å²) >= 11 is 5.88. The molecule has 0 bridgehead atoms. The Morgan fingerprint density at radius 1 is 1.50 bits per heavy atom. The minimum absolute atomic E-state index is 0.157. The maximum Gasteiger partial charge on any atom is 0.220 e. The summed E-state index contributed by atoms with van der Waals surface area (Å²) < 4.78 is 4.90. The Labute approximate surface area is 84.9 Å². The standard InChI is InChI=1S/C8H7ClN4O/c1-4-2-6(13-14-4)7-5(9)3-11-8(10)12-7/h2-3H,1H3,(H2,10,11,12). The molecule has 14 heavy (non-hydrogen) atoms. The Kier molecular flexibility index (Phi) is 2.09. The number of nitrogens with two attached hydrogens (primary N) is 1. The Balaban J connectivity index is 2.55. The molecular formula is C8H7ClN4O. The number of nitrogen functional groups attached to an aromatic ring is 1. The fourth-order valence-electron chi connectivity index (χ4n) is 1.04. The van der Waals surface area contributed by atoms with E-state index in [0.29, 0.717) is 22.2 Å². The number of rotatable bonds is 1. The SMILES string of the molecule is Cc1cc(-c2nc(N)ncc2Cl)no1. The molecule has 2 aromatic heterocycles. The molecule has 0 saturated carbocycles. The van der Waals surface area contributed by atoms with E-state index in [9.17, 15) is 0 Å². The Morgan fingerprint density at radius 2 is 2.29 bits per heavy atom. The van der Waals surface area contributed by atoms with Gasteiger partial charge in [0.25, 0.3) is 0 Å². The van der Waals surface area contributed by atoms with Gasteiger partial charge in [0.2, 0.25) is 5.95 Å². The van der Waals surface area contributed by atoms with Crippen molar-refractivity contribution in [2.45, 2.75) is 6.92 Å². The molecule has 0 aliphatic rings. The van der Waals surface area contributed by atoms with Crippen LogP contribution in [0.4, 0.5) is 5.95 Å². The summed E-state index contributed by atoms with van der Waals surface area (Å²) in [7, 11) is 0. The normalized spacial score (nSPS) is 10.4. The van der Waals surface area contributed by atoms with Crippen LogP contribution in [0.1, 0.15) is 5.76 Å². The fraction of sp³-hybridized carbons (Fsp3) is 0.125. The summed E-state index contributed by atoms with van der Waals surface area (Å²) in [5, 5.41) is 4.18. The second-order valence-corrected chi connectivity index (χ2v) is 3.15. The van der Waals surface area contributed by atoms with Crippen molar-refractivity contribution in [2.75, 3.05) is 5.73 Å². The first-order valence-corrected chi connectivity index (χ1v) is 4.26. The van der Waals surface area contributed by atoms with Gasteiger partial charge >= 0.3 is 0 Å². The number of nitrogens with zero attached hydrogens (tertiary/aromatic N) is 3. The maximum absolute atomic E-state index is 5.88. The Hall–Kier alpha value is -1.62. The topological polar surface area (TPSA) is 77.8 Å². The maximum atomic E-state index is 5.88. The predicted octanol–water partition coefficient (Wildman–Crippen LogP) is 1.68. The highest BCUT2D eigenvalue weighted by atomic mass is 35.5. The van der Waals surface area contributed by atoms with Crippen LogP contribution < -0.4 is 5.73 Å². The van der Waals surface area contributed by atoms with Gasteiger partial charge in [0.05, 0.1) is 11.2 Å². The number of hydrogen-bond donors (Lipinski definition) is 1. The van der Waals surface area contributed by atoms with Gasteiger partial charge in [-0.15, -0.1) is 0 Å². The largest absolute Gasteiger partial charge is 0.368 e. The van der Waals surface area contributed by atoms with Gasteiger partial charge in [-0.25, -0.2) is 9.97 Å². The molecule has 0 saturated heterocycles. The Morgan fingerprint density at radius 3 is 2.93 bits per heavy atom. The van der Waals surface area contributed by atoms with E-state index in [1.54, 1.807) is 13.0 Å². The van der Waals surface area contributed by atoms with Crippen LogP contribution in [0.2, 0.25) is 5.02 Å². The molecule has 72 valence electrons. The van der Waals surface area contributed by atoms with E-state index in [1.807, 2.05) is 0 Å². The molecule has 5 nitrogen and oxygen atoms in total. The molecule has 0 unspecified atom stereocenters. The van der Waals surface area contributed by atoms with E-state index < -0.39 is 0 Å². The first-order valence-electron chi connectivity index (χ1n) is 3.88. The van der Waals surface area contributed by atoms with Crippen molar-refractivity contribution in [3.63, 3.8) is 0 Å². The highest BCUT2D eigenvalue weighted by Gasteiger charge is 2.10. The van der Waals surface area contributed by atoms with Crippen molar-refractivity contribution in [2.24, 2.45) is 0 Å². The highest BCUT2D eigenvalue weighted by molar-refractivity contribution is 6.32. The van der Waals surface area contributed by atoms with Crippen LogP contribution in [0.3, 0.4) is 0 Å². The van der Waals surface area contributed by atoms with Crippen LogP contribution in [0.25, 0.3) is 11.4 Å². The van der Waals surface area contributed by atoms with Gasteiger partial charge in [-0.3, -0.25) is 0 Å². The monoisotopic (exact) mass is 210 g/mol. The van der Waals surface area contributed by atoms with Crippen LogP contribution >= 0.6 is 11.6 Å². The molecule has 0 amide bonds. The van der Waals surface area contributed by atoms with E-state index in [-0.39, 0.29) is 5.95 Å². The van der Waals surface area contributed by atoms with E-state index in [0.717, 1.165) is 0 Å². The summed E-state index contributed by atoms with van der Waals surface area (Å²) in [5.41, 5.74) is 6.47. The molecule has 2 heterocycles. The molecule has 0 aliphatic carbocycles. The molecule has 0 fully saturated rings. The van der Waals surface area contributed by atoms with Gasteiger partial charge in [0.1, 0.15) is 17.1 Å². The van der Waals surface area contributed by atoms with Crippen molar-refractivity contribution in [1.29, 1.82) is 0 Å². The molecule has 0 spiro atoms. The van der Waals surface area contributed by atoms with Crippen molar-refractivity contribution < 1.29 is 4.52 Å². The third-order valence-electron chi connectivity index (χ3n) is 1.63. The summed E-state index contributed by atoms with van der Waals surface area (Å²) in [5.74, 6) is 0.846. The lowest BCUT2D eigenvalue weighted by atomic mass is 10.3. The summed E-state index contributed by atoms with van der Waals surface area (Å²) in [4.78, 5) is 7.72. The summed E-state index contributed by atoms with van der Waals surface area (Å²) in [6, 6.07) is 1.73. The van der Waals surface area contributed by atoms with Crippen LogP contribution in [-0.4, -0.2) is 15.1 Å². The van der Waals surface area contributed by atoms with E-state index in [2.05, 4.69) is 15.1 Å². The van der Waals surface area contributed by atoms with E-state index >= 15 is 0 Å². The van der Waals surface area contributed by atoms with Crippen molar-refractivity contribution in [3.8, 4) is 11.4 Å². The molecule has 2 aromatic rings. The zero-order valence-electron chi connectivity index (χ0n) is 7.36. The number of aryl methyl sites for hydroxylation is 1. The second kappa shape index (κ2) is 3.26. The molecule has 0 atom stereocenters. The fourth-order valence-corrected chi connectivity index (χ4v) is 1.23. The van der Waals surface area contributed by atoms with Crippen molar-refractivity contribution >= 4 is 17.5 Å². The second-order valence-electron chi connectivity index (χ2n) is 2.75. The number of aromatic nitrogens is 3. The highest BCUT2D eigenvalue weighted by Crippen LogP contribution is 2.24. The summed E-state index contributed by atoms with van der Waals surface area (Å²) in [6.07, 6.45) is 1.43. The zero-order valence-corrected chi connectivity index (χ0v) is 8.12. The molecule has 2 N–H and O–H groups in total. The van der Waals surface area contributed by atoms with Gasteiger partial charge in [-0.1, -0.05) is 16.8 Å². The van der Waals surface area contributed by atoms with Crippen LogP contribution in [0.15, 0.2) is 16.8 Å². The zero-order chi connectivity index (χ0) is 10.1. The third kappa shape index (κ3) is 1.54. The molecule has 0 aromatic carbocycles. The quantitative estimate of drug-likeness (QED) is 0.775. The lowest BCUT2D eigenvalue weighted by molar-refractivity contribution is 0.399. The van der Waals surface area contributed by atoms with Gasteiger partial charge in [0.15, 0.2) is 0 Å². The predicted molar refractivity (Wildman–Crippen MR) is 51.7 cm³/mol. The van der Waals surface area contributed by atoms with Crippen LogP contribution in [-0.2, 0) is 0 Å². The van der Waals surface area contributed by atoms with Gasteiger partial charge in [-0.2, -0.15) is 0 Å².